The molecule has 0 fully saturated rings. The number of alkyl halides is 1. The Morgan fingerprint density at radius 1 is 1.42 bits per heavy atom. The summed E-state index contributed by atoms with van der Waals surface area (Å²) in [6.45, 7) is 0.732. The van der Waals surface area contributed by atoms with Gasteiger partial charge in [0, 0.05) is 27.3 Å². The molecule has 1 aromatic carbocycles. The van der Waals surface area contributed by atoms with Gasteiger partial charge in [-0.3, -0.25) is 0 Å². The molecule has 1 aromatic heterocycles. The summed E-state index contributed by atoms with van der Waals surface area (Å²) in [6.07, 6.45) is 0.927. The fourth-order valence-corrected chi connectivity index (χ4v) is 4.11. The maximum absolute atomic E-state index is 6.19. The van der Waals surface area contributed by atoms with E-state index in [1.165, 1.54) is 10.4 Å². The number of ether oxygens (including phenoxy) is 2. The van der Waals surface area contributed by atoms with Crippen LogP contribution in [0, 0.1) is 0 Å². The minimum absolute atomic E-state index is 0.0759. The summed E-state index contributed by atoms with van der Waals surface area (Å²) in [5.74, 6) is 1.85. The molecule has 0 amide bonds. The van der Waals surface area contributed by atoms with Gasteiger partial charge in [0.05, 0.1) is 18.5 Å². The van der Waals surface area contributed by atoms with Crippen molar-refractivity contribution in [3.05, 3.63) is 44.6 Å². The average molecular weight is 360 g/mol. The van der Waals surface area contributed by atoms with Crippen molar-refractivity contribution in [1.82, 2.24) is 0 Å². The Hall–Kier alpha value is -0.710. The number of halogens is 2. The molecule has 5 heteroatoms. The first-order valence-corrected chi connectivity index (χ1v) is 8.08. The van der Waals surface area contributed by atoms with Crippen LogP contribution in [0.5, 0.6) is 11.5 Å². The molecule has 1 aliphatic heterocycles. The van der Waals surface area contributed by atoms with Crippen molar-refractivity contribution in [2.24, 2.45) is 0 Å². The fourth-order valence-electron chi connectivity index (χ4n) is 2.21. The second kappa shape index (κ2) is 5.35. The monoisotopic (exact) mass is 358 g/mol. The van der Waals surface area contributed by atoms with Crippen LogP contribution in [0.1, 0.15) is 20.8 Å². The Morgan fingerprint density at radius 3 is 3.00 bits per heavy atom. The Balaban J connectivity index is 2.02. The van der Waals surface area contributed by atoms with E-state index in [1.54, 1.807) is 18.4 Å². The van der Waals surface area contributed by atoms with Crippen LogP contribution in [0.2, 0.25) is 5.02 Å². The van der Waals surface area contributed by atoms with Crippen molar-refractivity contribution >= 4 is 38.9 Å². The Kier molecular flexibility index (Phi) is 3.74. The lowest BCUT2D eigenvalue weighted by Gasteiger charge is -2.13. The van der Waals surface area contributed by atoms with Gasteiger partial charge in [-0.2, -0.15) is 0 Å². The van der Waals surface area contributed by atoms with Crippen LogP contribution in [-0.2, 0) is 6.42 Å². The summed E-state index contributed by atoms with van der Waals surface area (Å²) in [4.78, 5) is 1.25. The van der Waals surface area contributed by atoms with E-state index >= 15 is 0 Å². The molecule has 2 heterocycles. The number of hydrogen-bond acceptors (Lipinski definition) is 3. The third-order valence-electron chi connectivity index (χ3n) is 3.13. The van der Waals surface area contributed by atoms with Gasteiger partial charge in [-0.05, 0) is 23.8 Å². The van der Waals surface area contributed by atoms with E-state index < -0.39 is 0 Å². The van der Waals surface area contributed by atoms with Gasteiger partial charge in [0.2, 0.25) is 0 Å². The van der Waals surface area contributed by atoms with Crippen molar-refractivity contribution in [3.63, 3.8) is 0 Å². The second-order valence-corrected chi connectivity index (χ2v) is 6.63. The largest absolute Gasteiger partial charge is 0.496 e. The van der Waals surface area contributed by atoms with Gasteiger partial charge in [0.1, 0.15) is 11.5 Å². The van der Waals surface area contributed by atoms with Gasteiger partial charge in [0.15, 0.2) is 0 Å². The number of fused-ring (bicyclic) bond motifs is 1. The average Bonchev–Trinajstić information content (AvgIpc) is 3.04. The topological polar surface area (TPSA) is 18.5 Å². The highest BCUT2D eigenvalue weighted by atomic mass is 79.9. The highest BCUT2D eigenvalue weighted by molar-refractivity contribution is 9.09. The molecule has 1 aliphatic rings. The van der Waals surface area contributed by atoms with Crippen molar-refractivity contribution in [2.75, 3.05) is 13.7 Å². The molecular weight excluding hydrogens is 348 g/mol. The smallest absolute Gasteiger partial charge is 0.129 e. The van der Waals surface area contributed by atoms with Gasteiger partial charge in [-0.15, -0.1) is 11.3 Å². The van der Waals surface area contributed by atoms with E-state index in [0.717, 1.165) is 35.1 Å². The number of hydrogen-bond donors (Lipinski definition) is 0. The maximum atomic E-state index is 6.19. The Bertz CT molecular complexity index is 611. The van der Waals surface area contributed by atoms with Crippen LogP contribution in [-0.4, -0.2) is 13.7 Å². The van der Waals surface area contributed by atoms with Gasteiger partial charge >= 0.3 is 0 Å². The molecule has 1 atom stereocenters. The van der Waals surface area contributed by atoms with E-state index in [1.807, 2.05) is 23.6 Å². The van der Waals surface area contributed by atoms with Crippen molar-refractivity contribution in [3.8, 4) is 11.5 Å². The number of methoxy groups -OCH3 is 1. The number of benzene rings is 1. The van der Waals surface area contributed by atoms with E-state index in [-0.39, 0.29) is 4.83 Å². The molecule has 2 aromatic rings. The molecule has 0 radical (unpaired) electrons. The Labute approximate surface area is 129 Å². The highest BCUT2D eigenvalue weighted by Crippen LogP contribution is 2.44. The summed E-state index contributed by atoms with van der Waals surface area (Å²) < 4.78 is 11.0. The summed E-state index contributed by atoms with van der Waals surface area (Å²) in [5, 5.41) is 2.75. The van der Waals surface area contributed by atoms with Crippen LogP contribution in [0.3, 0.4) is 0 Å². The SMILES string of the molecule is COc1csc(C(Br)c2cc(Cl)cc3c2OCC3)c1. The van der Waals surface area contributed by atoms with Crippen LogP contribution < -0.4 is 9.47 Å². The van der Waals surface area contributed by atoms with E-state index in [2.05, 4.69) is 15.9 Å². The van der Waals surface area contributed by atoms with E-state index in [9.17, 15) is 0 Å². The lowest BCUT2D eigenvalue weighted by Crippen LogP contribution is -1.95. The minimum Gasteiger partial charge on any atom is -0.496 e. The van der Waals surface area contributed by atoms with E-state index in [0.29, 0.717) is 0 Å². The van der Waals surface area contributed by atoms with Crippen LogP contribution in [0.25, 0.3) is 0 Å². The lowest BCUT2D eigenvalue weighted by molar-refractivity contribution is 0.354. The normalized spacial score (nSPS) is 14.9. The van der Waals surface area contributed by atoms with Gasteiger partial charge < -0.3 is 9.47 Å². The molecule has 0 saturated heterocycles. The zero-order chi connectivity index (χ0) is 13.4. The summed E-state index contributed by atoms with van der Waals surface area (Å²) in [6, 6.07) is 5.99. The molecule has 0 N–H and O–H groups in total. The van der Waals surface area contributed by atoms with Gasteiger partial charge in [-0.25, -0.2) is 0 Å². The summed E-state index contributed by atoms with van der Waals surface area (Å²) in [5.41, 5.74) is 2.28. The molecule has 0 saturated carbocycles. The first-order chi connectivity index (χ1) is 9.19. The third-order valence-corrected chi connectivity index (χ3v) is 5.62. The van der Waals surface area contributed by atoms with Crippen LogP contribution in [0.15, 0.2) is 23.6 Å². The predicted octanol–water partition coefficient (Wildman–Crippen LogP) is 4.83. The summed E-state index contributed by atoms with van der Waals surface area (Å²) in [7, 11) is 1.68. The van der Waals surface area contributed by atoms with Crippen LogP contribution in [0.4, 0.5) is 0 Å². The number of thiophene rings is 1. The fraction of sp³-hybridized carbons (Fsp3) is 0.286. The minimum atomic E-state index is 0.0759. The third kappa shape index (κ3) is 2.49. The van der Waals surface area contributed by atoms with Gasteiger partial charge in [-0.1, -0.05) is 27.5 Å². The molecule has 0 aliphatic carbocycles. The first-order valence-electron chi connectivity index (χ1n) is 5.90. The van der Waals surface area contributed by atoms with E-state index in [4.69, 9.17) is 21.1 Å². The maximum Gasteiger partial charge on any atom is 0.129 e. The van der Waals surface area contributed by atoms with Crippen molar-refractivity contribution in [2.45, 2.75) is 11.2 Å². The van der Waals surface area contributed by atoms with Crippen molar-refractivity contribution in [1.29, 1.82) is 0 Å². The molecule has 2 nitrogen and oxygen atoms in total. The molecule has 100 valence electrons. The second-order valence-electron chi connectivity index (χ2n) is 4.33. The molecular formula is C14H12BrClO2S. The molecule has 0 bridgehead atoms. The zero-order valence-corrected chi connectivity index (χ0v) is 13.4. The molecule has 1 unspecified atom stereocenters. The molecule has 19 heavy (non-hydrogen) atoms. The highest BCUT2D eigenvalue weighted by Gasteiger charge is 2.24. The lowest BCUT2D eigenvalue weighted by atomic mass is 10.0. The Morgan fingerprint density at radius 2 is 2.26 bits per heavy atom. The quantitative estimate of drug-likeness (QED) is 0.731. The summed E-state index contributed by atoms with van der Waals surface area (Å²) >= 11 is 11.6. The van der Waals surface area contributed by atoms with Crippen molar-refractivity contribution < 1.29 is 9.47 Å². The molecule has 0 spiro atoms. The first kappa shape index (κ1) is 13.3. The molecule has 3 rings (SSSR count). The number of rotatable bonds is 3. The predicted molar refractivity (Wildman–Crippen MR) is 82.3 cm³/mol. The van der Waals surface area contributed by atoms with Gasteiger partial charge in [0.25, 0.3) is 0 Å². The van der Waals surface area contributed by atoms with Crippen LogP contribution >= 0.6 is 38.9 Å². The standard InChI is InChI=1S/C14H12BrClO2S/c1-17-10-6-12(19-7-10)13(15)11-5-9(16)4-8-2-3-18-14(8)11/h4-7,13H,2-3H2,1H3. The zero-order valence-electron chi connectivity index (χ0n) is 10.3.